The van der Waals surface area contributed by atoms with Crippen LogP contribution in [0.2, 0.25) is 0 Å². The molecule has 0 aliphatic carbocycles. The molecule has 0 saturated heterocycles. The van der Waals surface area contributed by atoms with Gasteiger partial charge in [0.25, 0.3) is 0 Å². The van der Waals surface area contributed by atoms with Gasteiger partial charge in [-0.2, -0.15) is 0 Å². The lowest BCUT2D eigenvalue weighted by Gasteiger charge is -2.06. The quantitative estimate of drug-likeness (QED) is 0.224. The molecule has 1 atom stereocenters. The van der Waals surface area contributed by atoms with E-state index < -0.39 is 0 Å². The van der Waals surface area contributed by atoms with Crippen molar-refractivity contribution in [2.24, 2.45) is 16.8 Å². The van der Waals surface area contributed by atoms with E-state index >= 15 is 0 Å². The van der Waals surface area contributed by atoms with Crippen LogP contribution in [0.15, 0.2) is 10.3 Å². The van der Waals surface area contributed by atoms with Crippen LogP contribution in [0.1, 0.15) is 12.7 Å². The van der Waals surface area contributed by atoms with Crippen LogP contribution >= 0.6 is 11.8 Å². The molecule has 0 saturated carbocycles. The molecule has 0 spiro atoms. The normalized spacial score (nSPS) is 14.3. The van der Waals surface area contributed by atoms with Crippen molar-refractivity contribution in [3.05, 3.63) is 5.82 Å². The van der Waals surface area contributed by atoms with Crippen molar-refractivity contribution < 1.29 is 5.21 Å². The first kappa shape index (κ1) is 10.8. The Labute approximate surface area is 86.0 Å². The van der Waals surface area contributed by atoms with Crippen LogP contribution in [-0.2, 0) is 0 Å². The number of nitrogens with two attached hydrogens (primary N) is 1. The molecule has 4 N–H and O–H groups in total. The molecule has 0 aliphatic rings. The number of hydrogen-bond donors (Lipinski definition) is 3. The van der Waals surface area contributed by atoms with E-state index in [0.29, 0.717) is 10.9 Å². The number of amidine groups is 1. The van der Waals surface area contributed by atoms with Crippen molar-refractivity contribution in [1.82, 2.24) is 15.2 Å². The van der Waals surface area contributed by atoms with Gasteiger partial charge in [0.05, 0.1) is 0 Å². The Morgan fingerprint density at radius 2 is 2.50 bits per heavy atom. The van der Waals surface area contributed by atoms with E-state index in [1.807, 2.05) is 13.8 Å². The summed E-state index contributed by atoms with van der Waals surface area (Å²) in [5.41, 5.74) is 5.42. The maximum atomic E-state index is 8.42. The molecule has 0 bridgehead atoms. The van der Waals surface area contributed by atoms with Crippen LogP contribution in [0.3, 0.4) is 0 Å². The Bertz CT molecular complexity index is 324. The van der Waals surface area contributed by atoms with Crippen molar-refractivity contribution in [3.63, 3.8) is 0 Å². The molecule has 1 aromatic rings. The number of H-pyrrole nitrogens is 1. The average Bonchev–Trinajstić information content (AvgIpc) is 2.59. The SMILES string of the molecule is Cc1nc(SCC(C)/C(N)=N/O)n[nH]1. The maximum Gasteiger partial charge on any atom is 0.208 e. The highest BCUT2D eigenvalue weighted by atomic mass is 32.2. The van der Waals surface area contributed by atoms with E-state index in [2.05, 4.69) is 20.3 Å². The summed E-state index contributed by atoms with van der Waals surface area (Å²) >= 11 is 1.47. The molecule has 0 aromatic carbocycles. The Kier molecular flexibility index (Phi) is 3.75. The number of aryl methyl sites for hydroxylation is 1. The molecule has 1 rings (SSSR count). The average molecular weight is 215 g/mol. The van der Waals surface area contributed by atoms with Crippen LogP contribution in [0, 0.1) is 12.8 Å². The Balaban J connectivity index is 2.41. The third-order valence-corrected chi connectivity index (χ3v) is 2.77. The Hall–Kier alpha value is -1.24. The number of nitrogens with zero attached hydrogens (tertiary/aromatic N) is 3. The first-order valence-electron chi connectivity index (χ1n) is 4.12. The van der Waals surface area contributed by atoms with E-state index in [1.165, 1.54) is 11.8 Å². The fourth-order valence-corrected chi connectivity index (χ4v) is 1.65. The fourth-order valence-electron chi connectivity index (χ4n) is 0.770. The zero-order chi connectivity index (χ0) is 10.6. The largest absolute Gasteiger partial charge is 0.409 e. The van der Waals surface area contributed by atoms with Crippen LogP contribution in [-0.4, -0.2) is 32.0 Å². The molecule has 0 amide bonds. The monoisotopic (exact) mass is 215 g/mol. The summed E-state index contributed by atoms with van der Waals surface area (Å²) in [7, 11) is 0. The van der Waals surface area contributed by atoms with Gasteiger partial charge in [0.1, 0.15) is 11.7 Å². The van der Waals surface area contributed by atoms with Crippen LogP contribution in [0.25, 0.3) is 0 Å². The lowest BCUT2D eigenvalue weighted by atomic mass is 10.2. The zero-order valence-electron chi connectivity index (χ0n) is 8.06. The van der Waals surface area contributed by atoms with E-state index in [9.17, 15) is 0 Å². The zero-order valence-corrected chi connectivity index (χ0v) is 8.88. The molecule has 1 unspecified atom stereocenters. The molecule has 6 nitrogen and oxygen atoms in total. The third-order valence-electron chi connectivity index (χ3n) is 1.66. The summed E-state index contributed by atoms with van der Waals surface area (Å²) in [6.45, 7) is 3.71. The Morgan fingerprint density at radius 3 is 3.00 bits per heavy atom. The predicted molar refractivity (Wildman–Crippen MR) is 54.4 cm³/mol. The predicted octanol–water partition coefficient (Wildman–Crippen LogP) is 0.588. The van der Waals surface area contributed by atoms with Gasteiger partial charge in [-0.1, -0.05) is 23.8 Å². The number of thioether (sulfide) groups is 1. The summed E-state index contributed by atoms with van der Waals surface area (Å²) in [6, 6.07) is 0. The topological polar surface area (TPSA) is 100 Å². The second-order valence-electron chi connectivity index (χ2n) is 2.94. The van der Waals surface area contributed by atoms with Crippen molar-refractivity contribution in [3.8, 4) is 0 Å². The summed E-state index contributed by atoms with van der Waals surface area (Å²) in [5, 5.41) is 18.7. The first-order valence-corrected chi connectivity index (χ1v) is 5.11. The second kappa shape index (κ2) is 4.85. The van der Waals surface area contributed by atoms with Crippen molar-refractivity contribution >= 4 is 17.6 Å². The van der Waals surface area contributed by atoms with Gasteiger partial charge < -0.3 is 10.9 Å². The van der Waals surface area contributed by atoms with Gasteiger partial charge in [-0.25, -0.2) is 4.98 Å². The lowest BCUT2D eigenvalue weighted by molar-refractivity contribution is 0.315. The van der Waals surface area contributed by atoms with Crippen LogP contribution in [0.4, 0.5) is 0 Å². The molecule has 78 valence electrons. The van der Waals surface area contributed by atoms with Gasteiger partial charge in [0.15, 0.2) is 0 Å². The molecule has 14 heavy (non-hydrogen) atoms. The third kappa shape index (κ3) is 2.91. The molecule has 0 fully saturated rings. The van der Waals surface area contributed by atoms with Crippen molar-refractivity contribution in [2.75, 3.05) is 5.75 Å². The molecule has 7 heteroatoms. The summed E-state index contributed by atoms with van der Waals surface area (Å²) in [6.07, 6.45) is 0. The minimum Gasteiger partial charge on any atom is -0.409 e. The van der Waals surface area contributed by atoms with E-state index in [-0.39, 0.29) is 11.8 Å². The summed E-state index contributed by atoms with van der Waals surface area (Å²) < 4.78 is 0. The molecular formula is C7H13N5OS. The van der Waals surface area contributed by atoms with Gasteiger partial charge in [-0.15, -0.1) is 5.10 Å². The second-order valence-corrected chi connectivity index (χ2v) is 3.93. The fraction of sp³-hybridized carbons (Fsp3) is 0.571. The van der Waals surface area contributed by atoms with Gasteiger partial charge in [-0.3, -0.25) is 5.10 Å². The number of nitrogens with one attached hydrogen (secondary N) is 1. The van der Waals surface area contributed by atoms with E-state index in [0.717, 1.165) is 5.82 Å². The number of rotatable bonds is 4. The van der Waals surface area contributed by atoms with Gasteiger partial charge in [0.2, 0.25) is 5.16 Å². The van der Waals surface area contributed by atoms with Crippen molar-refractivity contribution in [1.29, 1.82) is 0 Å². The van der Waals surface area contributed by atoms with Crippen molar-refractivity contribution in [2.45, 2.75) is 19.0 Å². The molecule has 0 aliphatic heterocycles. The molecule has 1 heterocycles. The maximum absolute atomic E-state index is 8.42. The minimum atomic E-state index is 0.00352. The molecule has 1 aromatic heterocycles. The van der Waals surface area contributed by atoms with Gasteiger partial charge >= 0.3 is 0 Å². The van der Waals surface area contributed by atoms with Crippen LogP contribution < -0.4 is 5.73 Å². The Morgan fingerprint density at radius 1 is 1.79 bits per heavy atom. The standard InChI is InChI=1S/C7H13N5OS/c1-4(6(8)12-13)3-14-7-9-5(2)10-11-7/h4,13H,3H2,1-2H3,(H2,8,12)(H,9,10,11). The molecular weight excluding hydrogens is 202 g/mol. The molecule has 0 radical (unpaired) electrons. The smallest absolute Gasteiger partial charge is 0.208 e. The number of aromatic nitrogens is 3. The minimum absolute atomic E-state index is 0.00352. The highest BCUT2D eigenvalue weighted by Crippen LogP contribution is 2.16. The highest BCUT2D eigenvalue weighted by molar-refractivity contribution is 7.99. The number of hydrogen-bond acceptors (Lipinski definition) is 5. The first-order chi connectivity index (χ1) is 6.63. The van der Waals surface area contributed by atoms with Gasteiger partial charge in [0, 0.05) is 11.7 Å². The number of oxime groups is 1. The van der Waals surface area contributed by atoms with E-state index in [4.69, 9.17) is 10.9 Å². The summed E-state index contributed by atoms with van der Waals surface area (Å²) in [5.74, 6) is 1.70. The lowest BCUT2D eigenvalue weighted by Crippen LogP contribution is -2.22. The summed E-state index contributed by atoms with van der Waals surface area (Å²) in [4.78, 5) is 4.12. The van der Waals surface area contributed by atoms with Gasteiger partial charge in [-0.05, 0) is 6.92 Å². The highest BCUT2D eigenvalue weighted by Gasteiger charge is 2.09. The van der Waals surface area contributed by atoms with E-state index in [1.54, 1.807) is 0 Å². The van der Waals surface area contributed by atoms with Crippen LogP contribution in [0.5, 0.6) is 0 Å². The number of aromatic amines is 1.